The van der Waals surface area contributed by atoms with Gasteiger partial charge >= 0.3 is 0 Å². The Bertz CT molecular complexity index is 1390. The molecule has 1 aliphatic carbocycles. The lowest BCUT2D eigenvalue weighted by Gasteiger charge is -2.21. The number of anilines is 2. The molecule has 0 amide bonds. The molecule has 0 atom stereocenters. The third kappa shape index (κ3) is 2.29. The second kappa shape index (κ2) is 5.74. The van der Waals surface area contributed by atoms with Gasteiger partial charge in [0.25, 0.3) is 0 Å². The maximum absolute atomic E-state index is 6.41. The van der Waals surface area contributed by atoms with Gasteiger partial charge in [-0.3, -0.25) is 0 Å². The first-order valence-corrected chi connectivity index (χ1v) is 10.0. The van der Waals surface area contributed by atoms with E-state index in [0.29, 0.717) is 0 Å². The molecule has 1 N–H and O–H groups in total. The molecule has 5 aromatic rings. The van der Waals surface area contributed by atoms with E-state index in [4.69, 9.17) is 4.42 Å². The van der Waals surface area contributed by atoms with E-state index in [1.54, 1.807) is 0 Å². The van der Waals surface area contributed by atoms with Crippen molar-refractivity contribution in [2.24, 2.45) is 0 Å². The minimum Gasteiger partial charge on any atom is -0.454 e. The van der Waals surface area contributed by atoms with Crippen molar-refractivity contribution in [1.82, 2.24) is 0 Å². The number of hydrogen-bond donors (Lipinski definition) is 1. The second-order valence-corrected chi connectivity index (χ2v) is 8.34. The molecule has 0 saturated carbocycles. The van der Waals surface area contributed by atoms with Crippen molar-refractivity contribution in [2.75, 3.05) is 5.32 Å². The molecule has 0 aliphatic heterocycles. The highest BCUT2D eigenvalue weighted by molar-refractivity contribution is 6.11. The fourth-order valence-electron chi connectivity index (χ4n) is 4.77. The summed E-state index contributed by atoms with van der Waals surface area (Å²) in [6, 6.07) is 29.8. The summed E-state index contributed by atoms with van der Waals surface area (Å²) in [5, 5.41) is 5.82. The van der Waals surface area contributed by atoms with Gasteiger partial charge in [0, 0.05) is 21.9 Å². The molecule has 2 nitrogen and oxygen atoms in total. The van der Waals surface area contributed by atoms with E-state index < -0.39 is 0 Å². The van der Waals surface area contributed by atoms with E-state index in [1.165, 1.54) is 27.6 Å². The van der Waals surface area contributed by atoms with Gasteiger partial charge < -0.3 is 9.73 Å². The summed E-state index contributed by atoms with van der Waals surface area (Å²) in [4.78, 5) is 0. The van der Waals surface area contributed by atoms with Crippen LogP contribution in [0.5, 0.6) is 0 Å². The number of fused-ring (bicyclic) bond motifs is 6. The van der Waals surface area contributed by atoms with E-state index in [2.05, 4.69) is 85.9 Å². The zero-order chi connectivity index (χ0) is 19.6. The van der Waals surface area contributed by atoms with Crippen molar-refractivity contribution >= 4 is 33.3 Å². The molecular formula is C27H21NO. The van der Waals surface area contributed by atoms with Gasteiger partial charge in [0.1, 0.15) is 5.58 Å². The van der Waals surface area contributed by atoms with Crippen molar-refractivity contribution in [3.05, 3.63) is 96.1 Å². The lowest BCUT2D eigenvalue weighted by molar-refractivity contribution is 0.648. The lowest BCUT2D eigenvalue weighted by atomic mass is 9.82. The molecule has 0 unspecified atom stereocenters. The van der Waals surface area contributed by atoms with Crippen molar-refractivity contribution < 1.29 is 4.42 Å². The number of rotatable bonds is 2. The van der Waals surface area contributed by atoms with Gasteiger partial charge in [-0.05, 0) is 52.6 Å². The van der Waals surface area contributed by atoms with Crippen LogP contribution in [0.15, 0.2) is 89.3 Å². The fraction of sp³-hybridized carbons (Fsp3) is 0.111. The highest BCUT2D eigenvalue weighted by Crippen LogP contribution is 2.50. The molecule has 2 heteroatoms. The van der Waals surface area contributed by atoms with Crippen LogP contribution in [0.3, 0.4) is 0 Å². The number of benzene rings is 4. The second-order valence-electron chi connectivity index (χ2n) is 8.34. The number of hydrogen-bond acceptors (Lipinski definition) is 2. The molecular weight excluding hydrogens is 354 g/mol. The third-order valence-electron chi connectivity index (χ3n) is 6.25. The molecule has 1 aliphatic rings. The highest BCUT2D eigenvalue weighted by atomic mass is 16.3. The molecule has 6 rings (SSSR count). The van der Waals surface area contributed by atoms with Crippen LogP contribution in [0.2, 0.25) is 0 Å². The summed E-state index contributed by atoms with van der Waals surface area (Å²) in [5.41, 5.74) is 9.25. The van der Waals surface area contributed by atoms with Gasteiger partial charge in [-0.15, -0.1) is 0 Å². The summed E-state index contributed by atoms with van der Waals surface area (Å²) in [6.07, 6.45) is 0. The largest absolute Gasteiger partial charge is 0.454 e. The Hall–Kier alpha value is -3.52. The maximum Gasteiger partial charge on any atom is 0.158 e. The van der Waals surface area contributed by atoms with Gasteiger partial charge in [0.2, 0.25) is 0 Å². The quantitative estimate of drug-likeness (QED) is 0.343. The highest BCUT2D eigenvalue weighted by Gasteiger charge is 2.36. The van der Waals surface area contributed by atoms with E-state index in [1.807, 2.05) is 18.2 Å². The Balaban J connectivity index is 1.59. The molecule has 0 radical (unpaired) electrons. The van der Waals surface area contributed by atoms with Crippen LogP contribution in [0.4, 0.5) is 11.4 Å². The molecule has 4 aromatic carbocycles. The Kier molecular flexibility index (Phi) is 3.25. The lowest BCUT2D eigenvalue weighted by Crippen LogP contribution is -2.14. The van der Waals surface area contributed by atoms with Crippen LogP contribution in [-0.4, -0.2) is 0 Å². The summed E-state index contributed by atoms with van der Waals surface area (Å²) in [7, 11) is 0. The Morgan fingerprint density at radius 2 is 1.48 bits per heavy atom. The van der Waals surface area contributed by atoms with Gasteiger partial charge in [-0.1, -0.05) is 68.4 Å². The first-order chi connectivity index (χ1) is 14.1. The molecule has 0 saturated heterocycles. The van der Waals surface area contributed by atoms with Crippen LogP contribution < -0.4 is 5.32 Å². The fourth-order valence-corrected chi connectivity index (χ4v) is 4.77. The van der Waals surface area contributed by atoms with Crippen LogP contribution in [0.25, 0.3) is 33.1 Å². The topological polar surface area (TPSA) is 25.2 Å². The van der Waals surface area contributed by atoms with Crippen LogP contribution in [-0.2, 0) is 5.41 Å². The Morgan fingerprint density at radius 1 is 0.690 bits per heavy atom. The van der Waals surface area contributed by atoms with Crippen molar-refractivity contribution in [3.8, 4) is 11.1 Å². The summed E-state index contributed by atoms with van der Waals surface area (Å²) in [6.45, 7) is 4.60. The van der Waals surface area contributed by atoms with E-state index in [0.717, 1.165) is 27.9 Å². The number of para-hydroxylation sites is 2. The van der Waals surface area contributed by atoms with Crippen LogP contribution in [0.1, 0.15) is 25.0 Å². The monoisotopic (exact) mass is 375 g/mol. The summed E-state index contributed by atoms with van der Waals surface area (Å²) >= 11 is 0. The first kappa shape index (κ1) is 16.4. The van der Waals surface area contributed by atoms with E-state index in [9.17, 15) is 0 Å². The SMILES string of the molecule is CC1(C)c2ccccc2-c2cc3c(cc21)oc1c(Nc2ccccc2)cccc13. The zero-order valence-electron chi connectivity index (χ0n) is 16.5. The summed E-state index contributed by atoms with van der Waals surface area (Å²) < 4.78 is 6.41. The normalized spacial score (nSPS) is 14.1. The van der Waals surface area contributed by atoms with Crippen molar-refractivity contribution in [1.29, 1.82) is 0 Å². The maximum atomic E-state index is 6.41. The van der Waals surface area contributed by atoms with Gasteiger partial charge in [0.05, 0.1) is 5.69 Å². The van der Waals surface area contributed by atoms with Gasteiger partial charge in [0.15, 0.2) is 5.58 Å². The number of furan rings is 1. The standard InChI is InChI=1S/C27H21NO/c1-27(2)22-13-7-6-11-18(22)20-15-21-19-12-8-14-24(28-17-9-4-3-5-10-17)26(19)29-25(21)16-23(20)27/h3-16,28H,1-2H3. The van der Waals surface area contributed by atoms with Gasteiger partial charge in [-0.2, -0.15) is 0 Å². The summed E-state index contributed by atoms with van der Waals surface area (Å²) in [5.74, 6) is 0. The molecule has 0 fully saturated rings. The molecule has 0 spiro atoms. The number of nitrogens with one attached hydrogen (secondary N) is 1. The molecule has 1 heterocycles. The van der Waals surface area contributed by atoms with Crippen LogP contribution in [0, 0.1) is 0 Å². The Morgan fingerprint density at radius 3 is 2.34 bits per heavy atom. The average Bonchev–Trinajstić information content (AvgIpc) is 3.22. The Labute approximate surface area is 169 Å². The van der Waals surface area contributed by atoms with Crippen LogP contribution >= 0.6 is 0 Å². The molecule has 29 heavy (non-hydrogen) atoms. The predicted octanol–water partition coefficient (Wildman–Crippen LogP) is 7.64. The smallest absolute Gasteiger partial charge is 0.158 e. The van der Waals surface area contributed by atoms with Crippen molar-refractivity contribution in [3.63, 3.8) is 0 Å². The average molecular weight is 375 g/mol. The molecule has 0 bridgehead atoms. The van der Waals surface area contributed by atoms with E-state index >= 15 is 0 Å². The minimum absolute atomic E-state index is 0.0236. The van der Waals surface area contributed by atoms with Crippen molar-refractivity contribution in [2.45, 2.75) is 19.3 Å². The predicted molar refractivity (Wildman–Crippen MR) is 121 cm³/mol. The third-order valence-corrected chi connectivity index (χ3v) is 6.25. The minimum atomic E-state index is -0.0236. The molecule has 1 aromatic heterocycles. The zero-order valence-corrected chi connectivity index (χ0v) is 16.5. The van der Waals surface area contributed by atoms with Gasteiger partial charge in [-0.25, -0.2) is 0 Å². The first-order valence-electron chi connectivity index (χ1n) is 10.0. The van der Waals surface area contributed by atoms with E-state index in [-0.39, 0.29) is 5.41 Å². The molecule has 140 valence electrons.